The highest BCUT2D eigenvalue weighted by molar-refractivity contribution is 5.87. The predicted octanol–water partition coefficient (Wildman–Crippen LogP) is 3.00. The molecule has 2 aliphatic carbocycles. The number of hydrogen-bond donors (Lipinski definition) is 2. The molecule has 0 bridgehead atoms. The second-order valence-corrected chi connectivity index (χ2v) is 8.41. The van der Waals surface area contributed by atoms with Gasteiger partial charge in [-0.2, -0.15) is 0 Å². The van der Waals surface area contributed by atoms with E-state index in [1.165, 1.54) is 32.1 Å². The zero-order valence-corrected chi connectivity index (χ0v) is 14.4. The fourth-order valence-electron chi connectivity index (χ4n) is 3.37. The third-order valence-corrected chi connectivity index (χ3v) is 5.08. The Bertz CT molecular complexity index is 406. The summed E-state index contributed by atoms with van der Waals surface area (Å²) in [6, 6.07) is 0. The largest absolute Gasteiger partial charge is 0.369 e. The standard InChI is InChI=1S/C18H32N2O2/c1-18(2,3)20-17(22)15(11-13-5-4-6-13)14(16(19)21)10-9-12-7-8-12/h12-15H,4-11H2,1-3H3,(H2,19,21)(H,20,22)/t14-,15?/m0/s1. The summed E-state index contributed by atoms with van der Waals surface area (Å²) in [6.45, 7) is 5.94. The van der Waals surface area contributed by atoms with Crippen molar-refractivity contribution in [2.24, 2.45) is 29.4 Å². The average molecular weight is 308 g/mol. The first-order chi connectivity index (χ1) is 10.3. The fraction of sp³-hybridized carbons (Fsp3) is 0.889. The van der Waals surface area contributed by atoms with E-state index in [1.807, 2.05) is 20.8 Å². The molecule has 22 heavy (non-hydrogen) atoms. The van der Waals surface area contributed by atoms with Crippen LogP contribution in [0.1, 0.15) is 72.1 Å². The highest BCUT2D eigenvalue weighted by atomic mass is 16.2. The van der Waals surface area contributed by atoms with Gasteiger partial charge in [0.25, 0.3) is 0 Å². The molecule has 2 rings (SSSR count). The van der Waals surface area contributed by atoms with E-state index in [1.54, 1.807) is 0 Å². The molecule has 2 saturated carbocycles. The van der Waals surface area contributed by atoms with Crippen LogP contribution in [-0.4, -0.2) is 17.4 Å². The van der Waals surface area contributed by atoms with Crippen LogP contribution in [0.4, 0.5) is 0 Å². The summed E-state index contributed by atoms with van der Waals surface area (Å²) in [4.78, 5) is 24.7. The molecule has 4 heteroatoms. The van der Waals surface area contributed by atoms with Crippen molar-refractivity contribution in [3.05, 3.63) is 0 Å². The van der Waals surface area contributed by atoms with Crippen molar-refractivity contribution < 1.29 is 9.59 Å². The molecule has 0 aromatic carbocycles. The van der Waals surface area contributed by atoms with Gasteiger partial charge in [-0.1, -0.05) is 32.1 Å². The summed E-state index contributed by atoms with van der Waals surface area (Å²) in [5, 5.41) is 3.06. The van der Waals surface area contributed by atoms with E-state index in [0.29, 0.717) is 5.92 Å². The molecule has 2 fully saturated rings. The van der Waals surface area contributed by atoms with Crippen LogP contribution in [0, 0.1) is 23.7 Å². The highest BCUT2D eigenvalue weighted by Crippen LogP contribution is 2.39. The van der Waals surface area contributed by atoms with Gasteiger partial charge < -0.3 is 11.1 Å². The van der Waals surface area contributed by atoms with Gasteiger partial charge in [0.15, 0.2) is 0 Å². The highest BCUT2D eigenvalue weighted by Gasteiger charge is 2.37. The van der Waals surface area contributed by atoms with Gasteiger partial charge in [-0.25, -0.2) is 0 Å². The summed E-state index contributed by atoms with van der Waals surface area (Å²) in [6.07, 6.45) is 8.80. The molecular formula is C18H32N2O2. The SMILES string of the molecule is CC(C)(C)NC(=O)C(CC1CCC1)[C@H](CCC1CC1)C(N)=O. The van der Waals surface area contributed by atoms with Crippen molar-refractivity contribution in [3.63, 3.8) is 0 Å². The Hall–Kier alpha value is -1.06. The van der Waals surface area contributed by atoms with Gasteiger partial charge in [-0.05, 0) is 51.9 Å². The van der Waals surface area contributed by atoms with Crippen molar-refractivity contribution in [2.75, 3.05) is 0 Å². The lowest BCUT2D eigenvalue weighted by Gasteiger charge is -2.34. The van der Waals surface area contributed by atoms with Crippen molar-refractivity contribution in [1.29, 1.82) is 0 Å². The Morgan fingerprint density at radius 2 is 1.73 bits per heavy atom. The van der Waals surface area contributed by atoms with Gasteiger partial charge in [-0.15, -0.1) is 0 Å². The average Bonchev–Trinajstić information content (AvgIpc) is 3.11. The maximum absolute atomic E-state index is 12.7. The maximum Gasteiger partial charge on any atom is 0.224 e. The number of primary amides is 1. The molecule has 2 aliphatic rings. The minimum absolute atomic E-state index is 0.0130. The third-order valence-electron chi connectivity index (χ3n) is 5.08. The first-order valence-corrected chi connectivity index (χ1v) is 8.87. The van der Waals surface area contributed by atoms with Gasteiger partial charge in [-0.3, -0.25) is 9.59 Å². The number of amides is 2. The normalized spacial score (nSPS) is 21.8. The van der Waals surface area contributed by atoms with Gasteiger partial charge in [0.1, 0.15) is 0 Å². The molecule has 3 N–H and O–H groups in total. The Labute approximate surface area is 134 Å². The van der Waals surface area contributed by atoms with E-state index in [2.05, 4.69) is 5.32 Å². The summed E-state index contributed by atoms with van der Waals surface area (Å²) in [7, 11) is 0. The van der Waals surface area contributed by atoms with Crippen LogP contribution in [0.5, 0.6) is 0 Å². The van der Waals surface area contributed by atoms with Crippen LogP contribution in [0.15, 0.2) is 0 Å². The lowest BCUT2D eigenvalue weighted by Crippen LogP contribution is -2.48. The van der Waals surface area contributed by atoms with Crippen LogP contribution >= 0.6 is 0 Å². The number of rotatable bonds is 8. The van der Waals surface area contributed by atoms with Crippen molar-refractivity contribution >= 4 is 11.8 Å². The molecule has 0 saturated heterocycles. The van der Waals surface area contributed by atoms with Crippen LogP contribution < -0.4 is 11.1 Å². The maximum atomic E-state index is 12.7. The molecular weight excluding hydrogens is 276 g/mol. The second kappa shape index (κ2) is 7.01. The van der Waals surface area contributed by atoms with Crippen molar-refractivity contribution in [2.45, 2.75) is 77.7 Å². The molecule has 2 amide bonds. The summed E-state index contributed by atoms with van der Waals surface area (Å²) in [5.41, 5.74) is 5.39. The number of carbonyl (C=O) groups is 2. The minimum Gasteiger partial charge on any atom is -0.369 e. The van der Waals surface area contributed by atoms with Crippen molar-refractivity contribution in [1.82, 2.24) is 5.32 Å². The molecule has 126 valence electrons. The lowest BCUT2D eigenvalue weighted by molar-refractivity contribution is -0.135. The zero-order valence-electron chi connectivity index (χ0n) is 14.4. The molecule has 4 nitrogen and oxygen atoms in total. The Morgan fingerprint density at radius 1 is 1.09 bits per heavy atom. The summed E-state index contributed by atoms with van der Waals surface area (Å²) in [5.74, 6) is 0.521. The van der Waals surface area contributed by atoms with Gasteiger partial charge in [0.2, 0.25) is 11.8 Å². The van der Waals surface area contributed by atoms with Crippen molar-refractivity contribution in [3.8, 4) is 0 Å². The van der Waals surface area contributed by atoms with E-state index >= 15 is 0 Å². The van der Waals surface area contributed by atoms with Crippen LogP contribution in [-0.2, 0) is 9.59 Å². The number of nitrogens with one attached hydrogen (secondary N) is 1. The van der Waals surface area contributed by atoms with E-state index in [-0.39, 0.29) is 29.2 Å². The molecule has 0 spiro atoms. The second-order valence-electron chi connectivity index (χ2n) is 8.41. The fourth-order valence-corrected chi connectivity index (χ4v) is 3.37. The summed E-state index contributed by atoms with van der Waals surface area (Å²) < 4.78 is 0. The molecule has 0 aromatic heterocycles. The van der Waals surface area contributed by atoms with Crippen LogP contribution in [0.3, 0.4) is 0 Å². The molecule has 1 unspecified atom stereocenters. The first kappa shape index (κ1) is 17.3. The minimum atomic E-state index is -0.302. The number of carbonyl (C=O) groups excluding carboxylic acids is 2. The summed E-state index contributed by atoms with van der Waals surface area (Å²) >= 11 is 0. The molecule has 0 heterocycles. The number of nitrogens with two attached hydrogens (primary N) is 1. The van der Waals surface area contributed by atoms with Crippen LogP contribution in [0.2, 0.25) is 0 Å². The molecule has 0 aromatic rings. The monoisotopic (exact) mass is 308 g/mol. The smallest absolute Gasteiger partial charge is 0.224 e. The van der Waals surface area contributed by atoms with Gasteiger partial charge in [0, 0.05) is 17.4 Å². The van der Waals surface area contributed by atoms with E-state index in [4.69, 9.17) is 5.73 Å². The van der Waals surface area contributed by atoms with Gasteiger partial charge >= 0.3 is 0 Å². The third kappa shape index (κ3) is 5.29. The number of hydrogen-bond acceptors (Lipinski definition) is 2. The Kier molecular flexibility index (Phi) is 5.51. The van der Waals surface area contributed by atoms with E-state index in [9.17, 15) is 9.59 Å². The topological polar surface area (TPSA) is 72.2 Å². The Balaban J connectivity index is 2.03. The lowest BCUT2D eigenvalue weighted by atomic mass is 9.73. The first-order valence-electron chi connectivity index (χ1n) is 8.87. The van der Waals surface area contributed by atoms with Crippen LogP contribution in [0.25, 0.3) is 0 Å². The van der Waals surface area contributed by atoms with E-state index in [0.717, 1.165) is 25.2 Å². The van der Waals surface area contributed by atoms with E-state index < -0.39 is 0 Å². The quantitative estimate of drug-likeness (QED) is 0.723. The van der Waals surface area contributed by atoms with Gasteiger partial charge in [0.05, 0.1) is 0 Å². The molecule has 0 radical (unpaired) electrons. The predicted molar refractivity (Wildman–Crippen MR) is 88.0 cm³/mol. The zero-order chi connectivity index (χ0) is 16.3. The molecule has 2 atom stereocenters. The molecule has 0 aliphatic heterocycles. The Morgan fingerprint density at radius 3 is 2.14 bits per heavy atom.